The molecule has 2 aliphatic rings. The fourth-order valence-electron chi connectivity index (χ4n) is 5.04. The highest BCUT2D eigenvalue weighted by molar-refractivity contribution is 7.99. The number of benzene rings is 1. The van der Waals surface area contributed by atoms with Crippen molar-refractivity contribution in [3.8, 4) is 0 Å². The SMILES string of the molecule is CCCSc1nc(NC2CC2c2cc(C)cc(C)c2)c2nnn([C@@H]3C[C@H](CO)[C@@H](O)[C@H]3O)c2n1. The number of aliphatic hydroxyl groups is 3. The van der Waals surface area contributed by atoms with Crippen molar-refractivity contribution in [3.63, 3.8) is 0 Å². The average Bonchev–Trinajstić information content (AvgIpc) is 3.35. The van der Waals surface area contributed by atoms with Gasteiger partial charge in [-0.3, -0.25) is 0 Å². The lowest BCUT2D eigenvalue weighted by atomic mass is 10.0. The van der Waals surface area contributed by atoms with Crippen molar-refractivity contribution in [2.75, 3.05) is 17.7 Å². The molecule has 182 valence electrons. The van der Waals surface area contributed by atoms with Crippen LogP contribution in [0.15, 0.2) is 23.4 Å². The fourth-order valence-corrected chi connectivity index (χ4v) is 5.73. The quantitative estimate of drug-likeness (QED) is 0.282. The molecule has 6 atom stereocenters. The van der Waals surface area contributed by atoms with E-state index in [1.54, 1.807) is 16.4 Å². The van der Waals surface area contributed by atoms with E-state index in [2.05, 4.69) is 54.6 Å². The van der Waals surface area contributed by atoms with Crippen molar-refractivity contribution < 1.29 is 15.3 Å². The number of rotatable bonds is 8. The first-order valence-corrected chi connectivity index (χ1v) is 13.0. The minimum atomic E-state index is -1.04. The van der Waals surface area contributed by atoms with Crippen LogP contribution in [-0.4, -0.2) is 70.9 Å². The zero-order valence-electron chi connectivity index (χ0n) is 19.7. The molecule has 2 heterocycles. The third-order valence-electron chi connectivity index (χ3n) is 6.84. The second-order valence-corrected chi connectivity index (χ2v) is 10.7. The maximum Gasteiger partial charge on any atom is 0.191 e. The monoisotopic (exact) mass is 484 g/mol. The van der Waals surface area contributed by atoms with Crippen molar-refractivity contribution in [3.05, 3.63) is 34.9 Å². The summed E-state index contributed by atoms with van der Waals surface area (Å²) >= 11 is 1.58. The number of hydrogen-bond donors (Lipinski definition) is 4. The van der Waals surface area contributed by atoms with E-state index in [1.807, 2.05) is 0 Å². The Kier molecular flexibility index (Phi) is 6.49. The second kappa shape index (κ2) is 9.41. The normalized spacial score (nSPS) is 28.5. The number of anilines is 1. The minimum Gasteiger partial charge on any atom is -0.396 e. The number of aromatic nitrogens is 5. The summed E-state index contributed by atoms with van der Waals surface area (Å²) < 4.78 is 1.59. The van der Waals surface area contributed by atoms with Crippen LogP contribution in [0.4, 0.5) is 5.82 Å². The molecule has 0 aliphatic heterocycles. The number of aliphatic hydroxyl groups excluding tert-OH is 3. The summed E-state index contributed by atoms with van der Waals surface area (Å²) in [6, 6.07) is 6.43. The van der Waals surface area contributed by atoms with Gasteiger partial charge in [0.05, 0.1) is 12.1 Å². The predicted molar refractivity (Wildman–Crippen MR) is 131 cm³/mol. The van der Waals surface area contributed by atoms with Crippen LogP contribution >= 0.6 is 11.8 Å². The Morgan fingerprint density at radius 2 is 1.85 bits per heavy atom. The molecule has 2 aliphatic carbocycles. The van der Waals surface area contributed by atoms with Crippen LogP contribution < -0.4 is 5.32 Å². The number of aryl methyl sites for hydroxylation is 2. The fraction of sp³-hybridized carbons (Fsp3) is 0.583. The first-order chi connectivity index (χ1) is 16.4. The van der Waals surface area contributed by atoms with Crippen molar-refractivity contribution in [2.24, 2.45) is 5.92 Å². The molecule has 0 radical (unpaired) electrons. The molecule has 0 spiro atoms. The van der Waals surface area contributed by atoms with Gasteiger partial charge in [0.25, 0.3) is 0 Å². The Labute approximate surface area is 203 Å². The van der Waals surface area contributed by atoms with Crippen LogP contribution in [0.3, 0.4) is 0 Å². The summed E-state index contributed by atoms with van der Waals surface area (Å²) in [5.74, 6) is 1.55. The summed E-state index contributed by atoms with van der Waals surface area (Å²) in [5, 5.41) is 43.4. The van der Waals surface area contributed by atoms with E-state index in [0.29, 0.717) is 34.5 Å². The molecular weight excluding hydrogens is 452 g/mol. The van der Waals surface area contributed by atoms with Gasteiger partial charge in [-0.25, -0.2) is 14.6 Å². The van der Waals surface area contributed by atoms with E-state index in [-0.39, 0.29) is 12.6 Å². The smallest absolute Gasteiger partial charge is 0.191 e. The van der Waals surface area contributed by atoms with E-state index in [1.165, 1.54) is 16.7 Å². The van der Waals surface area contributed by atoms with Crippen LogP contribution in [0.5, 0.6) is 0 Å². The van der Waals surface area contributed by atoms with Crippen molar-refractivity contribution in [1.29, 1.82) is 0 Å². The van der Waals surface area contributed by atoms with Gasteiger partial charge in [0, 0.05) is 30.2 Å². The van der Waals surface area contributed by atoms with Crippen LogP contribution in [0.25, 0.3) is 11.2 Å². The molecule has 3 aromatic rings. The number of thioether (sulfide) groups is 1. The van der Waals surface area contributed by atoms with Gasteiger partial charge < -0.3 is 20.6 Å². The maximum absolute atomic E-state index is 10.6. The molecule has 2 fully saturated rings. The van der Waals surface area contributed by atoms with E-state index < -0.39 is 24.2 Å². The molecule has 2 unspecified atom stereocenters. The van der Waals surface area contributed by atoms with E-state index in [0.717, 1.165) is 18.6 Å². The van der Waals surface area contributed by atoms with Crippen molar-refractivity contribution in [2.45, 2.75) is 75.4 Å². The second-order valence-electron chi connectivity index (χ2n) is 9.65. The lowest BCUT2D eigenvalue weighted by molar-refractivity contribution is -0.00512. The number of nitrogens with one attached hydrogen (secondary N) is 1. The van der Waals surface area contributed by atoms with Gasteiger partial charge >= 0.3 is 0 Å². The van der Waals surface area contributed by atoms with Gasteiger partial charge in [0.1, 0.15) is 6.10 Å². The van der Waals surface area contributed by atoms with Crippen molar-refractivity contribution >= 4 is 28.7 Å². The highest BCUT2D eigenvalue weighted by Crippen LogP contribution is 2.44. The number of nitrogens with zero attached hydrogens (tertiary/aromatic N) is 5. The minimum absolute atomic E-state index is 0.192. The molecule has 9 nitrogen and oxygen atoms in total. The Morgan fingerprint density at radius 1 is 1.09 bits per heavy atom. The Bertz CT molecular complexity index is 1170. The maximum atomic E-state index is 10.6. The molecular formula is C24H32N6O3S. The van der Waals surface area contributed by atoms with Crippen LogP contribution in [0, 0.1) is 19.8 Å². The Hall–Kier alpha value is -2.27. The van der Waals surface area contributed by atoms with E-state index >= 15 is 0 Å². The van der Waals surface area contributed by atoms with Gasteiger partial charge in [-0.2, -0.15) is 0 Å². The molecule has 10 heteroatoms. The summed E-state index contributed by atoms with van der Waals surface area (Å²) in [6.07, 6.45) is 0.366. The first-order valence-electron chi connectivity index (χ1n) is 12.0. The van der Waals surface area contributed by atoms with Gasteiger partial charge in [0.15, 0.2) is 22.1 Å². The van der Waals surface area contributed by atoms with E-state index in [4.69, 9.17) is 9.97 Å². The third kappa shape index (κ3) is 4.39. The number of fused-ring (bicyclic) bond motifs is 1. The molecule has 2 saturated carbocycles. The van der Waals surface area contributed by atoms with Crippen LogP contribution in [0.1, 0.15) is 54.8 Å². The number of hydrogen-bond acceptors (Lipinski definition) is 9. The first kappa shape index (κ1) is 23.5. The van der Waals surface area contributed by atoms with Crippen LogP contribution in [-0.2, 0) is 0 Å². The average molecular weight is 485 g/mol. The molecule has 0 bridgehead atoms. The van der Waals surface area contributed by atoms with Gasteiger partial charge in [-0.05, 0) is 38.7 Å². The van der Waals surface area contributed by atoms with Crippen LogP contribution in [0.2, 0.25) is 0 Å². The molecule has 0 saturated heterocycles. The molecule has 2 aromatic heterocycles. The predicted octanol–water partition coefficient (Wildman–Crippen LogP) is 2.58. The molecule has 1 aromatic carbocycles. The third-order valence-corrected chi connectivity index (χ3v) is 7.90. The lowest BCUT2D eigenvalue weighted by Crippen LogP contribution is -2.30. The lowest BCUT2D eigenvalue weighted by Gasteiger charge is -2.17. The zero-order chi connectivity index (χ0) is 24.0. The summed E-state index contributed by atoms with van der Waals surface area (Å²) in [6.45, 7) is 6.17. The molecule has 5 rings (SSSR count). The van der Waals surface area contributed by atoms with Crippen molar-refractivity contribution in [1.82, 2.24) is 25.0 Å². The zero-order valence-corrected chi connectivity index (χ0v) is 20.5. The largest absolute Gasteiger partial charge is 0.396 e. The van der Waals surface area contributed by atoms with E-state index in [9.17, 15) is 15.3 Å². The van der Waals surface area contributed by atoms with Gasteiger partial charge in [-0.1, -0.05) is 53.2 Å². The molecule has 4 N–H and O–H groups in total. The molecule has 34 heavy (non-hydrogen) atoms. The summed E-state index contributed by atoms with van der Waals surface area (Å²) in [4.78, 5) is 9.47. The Balaban J connectivity index is 1.46. The highest BCUT2D eigenvalue weighted by atomic mass is 32.2. The standard InChI is InChI=1S/C24H32N6O3S/c1-4-5-34-24-26-22(25-17-10-16(17)14-7-12(2)6-13(3)8-14)19-23(27-24)30(29-28-19)18-9-15(11-31)20(32)21(18)33/h6-8,15-18,20-21,31-33H,4-5,9-11H2,1-3H3,(H,25,26,27)/t15-,16?,17?,18-,20-,21+/m1/s1. The Morgan fingerprint density at radius 3 is 2.53 bits per heavy atom. The summed E-state index contributed by atoms with van der Waals surface area (Å²) in [5.41, 5.74) is 4.97. The highest BCUT2D eigenvalue weighted by Gasteiger charge is 2.44. The van der Waals surface area contributed by atoms with Gasteiger partial charge in [0.2, 0.25) is 0 Å². The topological polar surface area (TPSA) is 129 Å². The van der Waals surface area contributed by atoms with Gasteiger partial charge in [-0.15, -0.1) is 5.10 Å². The molecule has 0 amide bonds. The summed E-state index contributed by atoms with van der Waals surface area (Å²) in [7, 11) is 0.